The summed E-state index contributed by atoms with van der Waals surface area (Å²) in [6.07, 6.45) is -9.29. The number of ketones is 2. The maximum atomic E-state index is 13.3. The Morgan fingerprint density at radius 1 is 0.609 bits per heavy atom. The number of alkyl halides is 6. The van der Waals surface area contributed by atoms with E-state index in [0.29, 0.717) is 21.9 Å². The molecule has 0 aliphatic rings. The Morgan fingerprint density at radius 3 is 1.24 bits per heavy atom. The Kier molecular flexibility index (Phi) is 7.40. The first-order valence-corrected chi connectivity index (χ1v) is 15.0. The normalized spacial score (nSPS) is 12.3. The minimum absolute atomic E-state index is 0.0225. The van der Waals surface area contributed by atoms with Crippen molar-refractivity contribution in [3.05, 3.63) is 104 Å². The van der Waals surface area contributed by atoms with Gasteiger partial charge in [-0.2, -0.15) is 26.3 Å². The standard InChI is InChI=1S/C32H20F6N4O2S2/c1-13-11-19(31(33,34)35)41-29-21(13)23(39)27(45-29)25(43)17-7-3-15(4-8-17)16-5-9-18(10-6-16)26(44)28-24(40)22-14(2)12-20(32(36,37)38)42-30(22)46-28/h3-12H,39-40H2,1-2H3. The molecule has 0 unspecified atom stereocenters. The smallest absolute Gasteiger partial charge is 0.397 e. The monoisotopic (exact) mass is 670 g/mol. The van der Waals surface area contributed by atoms with Crippen LogP contribution in [0.25, 0.3) is 31.6 Å². The first-order valence-electron chi connectivity index (χ1n) is 13.4. The molecule has 4 aromatic heterocycles. The van der Waals surface area contributed by atoms with Gasteiger partial charge in [0.15, 0.2) is 0 Å². The van der Waals surface area contributed by atoms with Gasteiger partial charge in [-0.3, -0.25) is 9.59 Å². The number of aromatic nitrogens is 2. The predicted molar refractivity (Wildman–Crippen MR) is 166 cm³/mol. The molecule has 0 aliphatic heterocycles. The molecular weight excluding hydrogens is 650 g/mol. The Balaban J connectivity index is 1.24. The molecule has 0 bridgehead atoms. The molecule has 46 heavy (non-hydrogen) atoms. The average molecular weight is 671 g/mol. The summed E-state index contributed by atoms with van der Waals surface area (Å²) in [5.41, 5.74) is 12.8. The molecule has 6 aromatic rings. The highest BCUT2D eigenvalue weighted by Crippen LogP contribution is 2.41. The molecule has 0 saturated carbocycles. The number of benzene rings is 2. The van der Waals surface area contributed by atoms with Crippen LogP contribution in [0.2, 0.25) is 0 Å². The second-order valence-corrected chi connectivity index (χ2v) is 12.5. The minimum Gasteiger partial charge on any atom is -0.397 e. The second kappa shape index (κ2) is 10.9. The molecule has 2 aromatic carbocycles. The third kappa shape index (κ3) is 5.36. The third-order valence-electron chi connectivity index (χ3n) is 7.41. The largest absolute Gasteiger partial charge is 0.433 e. The number of pyridine rings is 2. The van der Waals surface area contributed by atoms with Crippen molar-refractivity contribution in [3.63, 3.8) is 0 Å². The van der Waals surface area contributed by atoms with Gasteiger partial charge in [-0.05, 0) is 48.2 Å². The van der Waals surface area contributed by atoms with Crippen LogP contribution in [-0.2, 0) is 12.4 Å². The number of aryl methyl sites for hydroxylation is 2. The Bertz CT molecular complexity index is 2040. The highest BCUT2D eigenvalue weighted by Gasteiger charge is 2.35. The highest BCUT2D eigenvalue weighted by atomic mass is 32.1. The number of hydrogen-bond donors (Lipinski definition) is 2. The van der Waals surface area contributed by atoms with E-state index in [4.69, 9.17) is 11.5 Å². The van der Waals surface area contributed by atoms with Crippen molar-refractivity contribution in [2.24, 2.45) is 0 Å². The Labute approximate surface area is 264 Å². The molecule has 6 rings (SSSR count). The molecular formula is C32H20F6N4O2S2. The van der Waals surface area contributed by atoms with Gasteiger partial charge in [0.2, 0.25) is 11.6 Å². The summed E-state index contributed by atoms with van der Waals surface area (Å²) in [6.45, 7) is 2.96. The molecule has 0 saturated heterocycles. The summed E-state index contributed by atoms with van der Waals surface area (Å²) in [4.78, 5) is 34.1. The van der Waals surface area contributed by atoms with Crippen molar-refractivity contribution in [2.45, 2.75) is 26.2 Å². The van der Waals surface area contributed by atoms with Gasteiger partial charge >= 0.3 is 12.4 Å². The van der Waals surface area contributed by atoms with Crippen LogP contribution in [0, 0.1) is 13.8 Å². The molecule has 0 spiro atoms. The van der Waals surface area contributed by atoms with Crippen molar-refractivity contribution >= 4 is 66.0 Å². The van der Waals surface area contributed by atoms with E-state index in [1.165, 1.54) is 13.8 Å². The number of fused-ring (bicyclic) bond motifs is 2. The molecule has 0 atom stereocenters. The summed E-state index contributed by atoms with van der Waals surface area (Å²) >= 11 is 1.60. The topological polar surface area (TPSA) is 112 Å². The maximum Gasteiger partial charge on any atom is 0.433 e. The van der Waals surface area contributed by atoms with Crippen LogP contribution in [0.5, 0.6) is 0 Å². The Hall–Kier alpha value is -4.82. The van der Waals surface area contributed by atoms with Gasteiger partial charge in [-0.25, -0.2) is 9.97 Å². The zero-order valence-corrected chi connectivity index (χ0v) is 25.4. The van der Waals surface area contributed by atoms with E-state index in [9.17, 15) is 35.9 Å². The second-order valence-electron chi connectivity index (χ2n) is 10.5. The number of carbonyl (C=O) groups is 2. The van der Waals surface area contributed by atoms with E-state index in [0.717, 1.165) is 34.8 Å². The van der Waals surface area contributed by atoms with E-state index in [1.54, 1.807) is 48.5 Å². The summed E-state index contributed by atoms with van der Waals surface area (Å²) in [5, 5.41) is 0.616. The van der Waals surface area contributed by atoms with Gasteiger partial charge < -0.3 is 11.5 Å². The van der Waals surface area contributed by atoms with Gasteiger partial charge in [0.25, 0.3) is 0 Å². The van der Waals surface area contributed by atoms with Crippen LogP contribution >= 0.6 is 22.7 Å². The van der Waals surface area contributed by atoms with Gasteiger partial charge in [0.05, 0.1) is 11.4 Å². The Morgan fingerprint density at radius 2 is 0.935 bits per heavy atom. The van der Waals surface area contributed by atoms with Crippen molar-refractivity contribution < 1.29 is 35.9 Å². The van der Waals surface area contributed by atoms with Crippen molar-refractivity contribution in [1.82, 2.24) is 9.97 Å². The number of hydrogen-bond acceptors (Lipinski definition) is 8. The van der Waals surface area contributed by atoms with E-state index in [-0.39, 0.29) is 53.0 Å². The summed E-state index contributed by atoms with van der Waals surface area (Å²) < 4.78 is 79.5. The third-order valence-corrected chi connectivity index (χ3v) is 9.61. The van der Waals surface area contributed by atoms with Crippen LogP contribution in [0.4, 0.5) is 37.7 Å². The van der Waals surface area contributed by atoms with E-state index in [1.807, 2.05) is 0 Å². The average Bonchev–Trinajstić information content (AvgIpc) is 3.52. The van der Waals surface area contributed by atoms with Crippen LogP contribution in [0.3, 0.4) is 0 Å². The number of nitrogens with zero attached hydrogens (tertiary/aromatic N) is 2. The summed E-state index contributed by atoms with van der Waals surface area (Å²) in [5.74, 6) is -0.928. The molecule has 14 heteroatoms. The quantitative estimate of drug-likeness (QED) is 0.140. The first kappa shape index (κ1) is 31.2. The number of nitrogens with two attached hydrogens (primary N) is 2. The number of nitrogen functional groups attached to an aromatic ring is 2. The van der Waals surface area contributed by atoms with Crippen LogP contribution in [0.15, 0.2) is 60.7 Å². The zero-order valence-electron chi connectivity index (χ0n) is 23.7. The van der Waals surface area contributed by atoms with Crippen molar-refractivity contribution in [3.8, 4) is 11.1 Å². The van der Waals surface area contributed by atoms with E-state index < -0.39 is 35.3 Å². The molecule has 6 nitrogen and oxygen atoms in total. The van der Waals surface area contributed by atoms with Crippen LogP contribution in [0.1, 0.15) is 53.0 Å². The SMILES string of the molecule is Cc1cc(C(F)(F)F)nc2sc(C(=O)c3ccc(-c4ccc(C(=O)c5sc6nc(C(F)(F)F)cc(C)c6c5N)cc4)cc3)c(N)c12. The molecule has 0 amide bonds. The first-order chi connectivity index (χ1) is 21.5. The lowest BCUT2D eigenvalue weighted by Crippen LogP contribution is -2.08. The minimum atomic E-state index is -4.64. The molecule has 0 aliphatic carbocycles. The summed E-state index contributed by atoms with van der Waals surface area (Å²) in [7, 11) is 0. The lowest BCUT2D eigenvalue weighted by molar-refractivity contribution is -0.141. The number of carbonyl (C=O) groups excluding carboxylic acids is 2. The molecule has 4 N–H and O–H groups in total. The molecule has 234 valence electrons. The van der Waals surface area contributed by atoms with E-state index >= 15 is 0 Å². The number of rotatable bonds is 5. The predicted octanol–water partition coefficient (Wildman–Crippen LogP) is 8.85. The van der Waals surface area contributed by atoms with Gasteiger partial charge in [-0.15, -0.1) is 22.7 Å². The maximum absolute atomic E-state index is 13.3. The van der Waals surface area contributed by atoms with Gasteiger partial charge in [0.1, 0.15) is 30.8 Å². The van der Waals surface area contributed by atoms with Gasteiger partial charge in [0, 0.05) is 21.9 Å². The fraction of sp³-hybridized carbons (Fsp3) is 0.125. The van der Waals surface area contributed by atoms with Crippen LogP contribution < -0.4 is 11.5 Å². The molecule has 0 radical (unpaired) electrons. The van der Waals surface area contributed by atoms with E-state index in [2.05, 4.69) is 9.97 Å². The lowest BCUT2D eigenvalue weighted by atomic mass is 9.99. The van der Waals surface area contributed by atoms with Gasteiger partial charge in [-0.1, -0.05) is 48.5 Å². The molecule has 4 heterocycles. The number of anilines is 2. The lowest BCUT2D eigenvalue weighted by Gasteiger charge is -2.07. The van der Waals surface area contributed by atoms with Crippen molar-refractivity contribution in [2.75, 3.05) is 11.5 Å². The fourth-order valence-corrected chi connectivity index (χ4v) is 7.40. The van der Waals surface area contributed by atoms with Crippen LogP contribution in [-0.4, -0.2) is 21.5 Å². The summed E-state index contributed by atoms with van der Waals surface area (Å²) in [6, 6.07) is 14.7. The van der Waals surface area contributed by atoms with Crippen molar-refractivity contribution in [1.29, 1.82) is 0 Å². The zero-order chi connectivity index (χ0) is 33.3. The highest BCUT2D eigenvalue weighted by molar-refractivity contribution is 7.21. The number of halogens is 6. The molecule has 0 fully saturated rings. The fourth-order valence-electron chi connectivity index (χ4n) is 5.14. The number of thiophene rings is 2.